The van der Waals surface area contributed by atoms with E-state index in [1.54, 1.807) is 23.9 Å². The van der Waals surface area contributed by atoms with Crippen molar-refractivity contribution in [3.05, 3.63) is 24.3 Å². The fraction of sp³-hybridized carbons (Fsp3) is 0.538. The minimum atomic E-state index is -3.09. The Labute approximate surface area is 114 Å². The van der Waals surface area contributed by atoms with Crippen LogP contribution in [0.15, 0.2) is 34.1 Å². The first-order valence-electron chi connectivity index (χ1n) is 6.11. The summed E-state index contributed by atoms with van der Waals surface area (Å²) in [5, 5.41) is 3.85. The molecule has 102 valence electrons. The highest BCUT2D eigenvalue weighted by Gasteiger charge is 2.08. The molecule has 0 spiro atoms. The molecule has 1 rings (SSSR count). The second-order valence-corrected chi connectivity index (χ2v) is 7.90. The Balaban J connectivity index is 2.53. The van der Waals surface area contributed by atoms with Gasteiger partial charge in [-0.1, -0.05) is 13.8 Å². The summed E-state index contributed by atoms with van der Waals surface area (Å²) >= 11 is 1.76. The number of rotatable bonds is 7. The fourth-order valence-corrected chi connectivity index (χ4v) is 3.11. The van der Waals surface area contributed by atoms with Crippen molar-refractivity contribution >= 4 is 21.6 Å². The van der Waals surface area contributed by atoms with Crippen LogP contribution < -0.4 is 5.32 Å². The quantitative estimate of drug-likeness (QED) is 0.618. The second kappa shape index (κ2) is 7.16. The number of sulfone groups is 1. The van der Waals surface area contributed by atoms with E-state index in [1.165, 1.54) is 6.26 Å². The van der Waals surface area contributed by atoms with Crippen LogP contribution >= 0.6 is 11.8 Å². The Hall–Kier alpha value is -0.520. The zero-order valence-electron chi connectivity index (χ0n) is 11.1. The number of benzene rings is 1. The lowest BCUT2D eigenvalue weighted by molar-refractivity contribution is 0.602. The van der Waals surface area contributed by atoms with Crippen LogP contribution in [0.1, 0.15) is 20.3 Å². The minimum Gasteiger partial charge on any atom is -0.316 e. The predicted octanol–water partition coefficient (Wildman–Crippen LogP) is 2.57. The average Bonchev–Trinajstić information content (AvgIpc) is 2.29. The molecule has 0 fully saturated rings. The van der Waals surface area contributed by atoms with Gasteiger partial charge in [0.05, 0.1) is 4.90 Å². The topological polar surface area (TPSA) is 46.2 Å². The van der Waals surface area contributed by atoms with Gasteiger partial charge in [-0.15, -0.1) is 11.8 Å². The van der Waals surface area contributed by atoms with Crippen LogP contribution in [0.4, 0.5) is 0 Å². The highest BCUT2D eigenvalue weighted by Crippen LogP contribution is 2.24. The molecule has 3 nitrogen and oxygen atoms in total. The summed E-state index contributed by atoms with van der Waals surface area (Å²) in [5.41, 5.74) is 0. The molecule has 0 bridgehead atoms. The molecule has 0 aliphatic rings. The van der Waals surface area contributed by atoms with Crippen LogP contribution in [0.5, 0.6) is 0 Å². The predicted molar refractivity (Wildman–Crippen MR) is 78.0 cm³/mol. The van der Waals surface area contributed by atoms with Crippen molar-refractivity contribution in [3.63, 3.8) is 0 Å². The van der Waals surface area contributed by atoms with Crippen molar-refractivity contribution < 1.29 is 8.42 Å². The minimum absolute atomic E-state index is 0.378. The van der Waals surface area contributed by atoms with Gasteiger partial charge in [0.25, 0.3) is 0 Å². The first kappa shape index (κ1) is 15.5. The summed E-state index contributed by atoms with van der Waals surface area (Å²) in [6.07, 6.45) is 2.37. The van der Waals surface area contributed by atoms with Gasteiger partial charge in [0.15, 0.2) is 9.84 Å². The molecule has 0 aliphatic heterocycles. The molecular formula is C13H21NO2S2. The molecule has 1 atom stereocenters. The third-order valence-corrected chi connectivity index (χ3v) is 4.69. The molecular weight excluding hydrogens is 266 g/mol. The molecule has 5 heteroatoms. The van der Waals surface area contributed by atoms with Crippen LogP contribution in [-0.4, -0.2) is 33.0 Å². The first-order chi connectivity index (χ1) is 8.43. The van der Waals surface area contributed by atoms with E-state index in [4.69, 9.17) is 0 Å². The standard InChI is InChI=1S/C13H21NO2S2/c1-4-9-14-10-11(2)17-12-5-7-13(8-6-12)18(3,15)16/h5-8,11,14H,4,9-10H2,1-3H3. The van der Waals surface area contributed by atoms with E-state index in [9.17, 15) is 8.42 Å². The Morgan fingerprint density at radius 2 is 1.89 bits per heavy atom. The Morgan fingerprint density at radius 1 is 1.28 bits per heavy atom. The van der Waals surface area contributed by atoms with Gasteiger partial charge < -0.3 is 5.32 Å². The molecule has 0 radical (unpaired) electrons. The maximum absolute atomic E-state index is 11.3. The molecule has 1 aromatic carbocycles. The summed E-state index contributed by atoms with van der Waals surface area (Å²) in [7, 11) is -3.09. The molecule has 1 unspecified atom stereocenters. The van der Waals surface area contributed by atoms with E-state index in [0.29, 0.717) is 10.1 Å². The van der Waals surface area contributed by atoms with Crippen LogP contribution in [-0.2, 0) is 9.84 Å². The molecule has 1 N–H and O–H groups in total. The number of hydrogen-bond donors (Lipinski definition) is 1. The second-order valence-electron chi connectivity index (χ2n) is 4.38. The van der Waals surface area contributed by atoms with Crippen LogP contribution in [0.2, 0.25) is 0 Å². The lowest BCUT2D eigenvalue weighted by atomic mass is 10.4. The van der Waals surface area contributed by atoms with Gasteiger partial charge in [-0.2, -0.15) is 0 Å². The van der Waals surface area contributed by atoms with Crippen LogP contribution in [0.25, 0.3) is 0 Å². The van der Waals surface area contributed by atoms with E-state index in [2.05, 4.69) is 19.2 Å². The average molecular weight is 287 g/mol. The summed E-state index contributed by atoms with van der Waals surface area (Å²) in [6.45, 7) is 6.32. The zero-order chi connectivity index (χ0) is 13.6. The van der Waals surface area contributed by atoms with Crippen LogP contribution in [0, 0.1) is 0 Å². The van der Waals surface area contributed by atoms with Crippen LogP contribution in [0.3, 0.4) is 0 Å². The van der Waals surface area contributed by atoms with Gasteiger partial charge in [0.1, 0.15) is 0 Å². The van der Waals surface area contributed by atoms with E-state index >= 15 is 0 Å². The van der Waals surface area contributed by atoms with Crippen molar-refractivity contribution in [3.8, 4) is 0 Å². The SMILES string of the molecule is CCCNCC(C)Sc1ccc(S(C)(=O)=O)cc1. The van der Waals surface area contributed by atoms with E-state index in [1.807, 2.05) is 12.1 Å². The van der Waals surface area contributed by atoms with E-state index in [0.717, 1.165) is 24.4 Å². The maximum atomic E-state index is 11.3. The summed E-state index contributed by atoms with van der Waals surface area (Å²) < 4.78 is 22.6. The van der Waals surface area contributed by atoms with Gasteiger partial charge in [-0.3, -0.25) is 0 Å². The molecule has 0 amide bonds. The first-order valence-corrected chi connectivity index (χ1v) is 8.88. The number of nitrogens with one attached hydrogen (secondary N) is 1. The third-order valence-electron chi connectivity index (χ3n) is 2.45. The smallest absolute Gasteiger partial charge is 0.175 e. The van der Waals surface area contributed by atoms with Crippen molar-refractivity contribution in [2.45, 2.75) is 35.3 Å². The molecule has 18 heavy (non-hydrogen) atoms. The van der Waals surface area contributed by atoms with E-state index < -0.39 is 9.84 Å². The van der Waals surface area contributed by atoms with Gasteiger partial charge in [0.2, 0.25) is 0 Å². The molecule has 0 saturated carbocycles. The third kappa shape index (κ3) is 5.42. The lowest BCUT2D eigenvalue weighted by Gasteiger charge is -2.12. The largest absolute Gasteiger partial charge is 0.316 e. The molecule has 0 saturated heterocycles. The Morgan fingerprint density at radius 3 is 2.39 bits per heavy atom. The van der Waals surface area contributed by atoms with Gasteiger partial charge >= 0.3 is 0 Å². The van der Waals surface area contributed by atoms with Crippen molar-refractivity contribution in [1.82, 2.24) is 5.32 Å². The van der Waals surface area contributed by atoms with Gasteiger partial charge in [0, 0.05) is 22.9 Å². The van der Waals surface area contributed by atoms with Crippen molar-refractivity contribution in [1.29, 1.82) is 0 Å². The highest BCUT2D eigenvalue weighted by atomic mass is 32.2. The molecule has 0 heterocycles. The molecule has 0 aliphatic carbocycles. The zero-order valence-corrected chi connectivity index (χ0v) is 12.8. The summed E-state index contributed by atoms with van der Waals surface area (Å²) in [6, 6.07) is 7.09. The maximum Gasteiger partial charge on any atom is 0.175 e. The molecule has 1 aromatic rings. The monoisotopic (exact) mass is 287 g/mol. The summed E-state index contributed by atoms with van der Waals surface area (Å²) in [4.78, 5) is 1.48. The highest BCUT2D eigenvalue weighted by molar-refractivity contribution is 8.00. The van der Waals surface area contributed by atoms with Gasteiger partial charge in [-0.25, -0.2) is 8.42 Å². The van der Waals surface area contributed by atoms with E-state index in [-0.39, 0.29) is 0 Å². The van der Waals surface area contributed by atoms with Crippen molar-refractivity contribution in [2.75, 3.05) is 19.3 Å². The Kier molecular flexibility index (Phi) is 6.18. The lowest BCUT2D eigenvalue weighted by Crippen LogP contribution is -2.23. The normalized spacial score (nSPS) is 13.5. The summed E-state index contributed by atoms with van der Waals surface area (Å²) in [5.74, 6) is 0. The Bertz CT molecular complexity index is 454. The number of hydrogen-bond acceptors (Lipinski definition) is 4. The number of thioether (sulfide) groups is 1. The van der Waals surface area contributed by atoms with Gasteiger partial charge in [-0.05, 0) is 37.2 Å². The van der Waals surface area contributed by atoms with Crippen molar-refractivity contribution in [2.24, 2.45) is 0 Å². The molecule has 0 aromatic heterocycles. The fourth-order valence-electron chi connectivity index (χ4n) is 1.52.